The first-order valence-corrected chi connectivity index (χ1v) is 10.0. The number of hydrogen-bond donors (Lipinski definition) is 7. The van der Waals surface area contributed by atoms with Crippen molar-refractivity contribution < 1.29 is 59.2 Å². The number of rotatable bonds is 4. The highest BCUT2D eigenvalue weighted by atomic mass is 16.7. The predicted octanol–water partition coefficient (Wildman–Crippen LogP) is -0.709. The molecule has 0 saturated carbocycles. The van der Waals surface area contributed by atoms with E-state index in [0.717, 1.165) is 12.1 Å². The first-order valence-electron chi connectivity index (χ1n) is 10.0. The van der Waals surface area contributed by atoms with E-state index in [1.54, 1.807) is 0 Å². The average molecular weight is 492 g/mol. The summed E-state index contributed by atoms with van der Waals surface area (Å²) in [6.45, 7) is 0. The number of aliphatic hydroxyl groups is 4. The topological polar surface area (TPSA) is 217 Å². The second-order valence-corrected chi connectivity index (χ2v) is 7.65. The summed E-state index contributed by atoms with van der Waals surface area (Å²) in [6.07, 6.45) is -9.82. The Balaban J connectivity index is 1.74. The normalized spacial score (nSPS) is 24.3. The van der Waals surface area contributed by atoms with E-state index < -0.39 is 64.7 Å². The summed E-state index contributed by atoms with van der Waals surface area (Å²) < 4.78 is 20.4. The number of carbonyl (C=O) groups is 1. The van der Waals surface area contributed by atoms with Crippen LogP contribution in [0.1, 0.15) is 0 Å². The molecule has 0 radical (unpaired) electrons. The number of esters is 1. The number of phenols is 3. The quantitative estimate of drug-likeness (QED) is 0.136. The van der Waals surface area contributed by atoms with Gasteiger partial charge < -0.3 is 54.4 Å². The van der Waals surface area contributed by atoms with Gasteiger partial charge in [-0.15, -0.1) is 0 Å². The van der Waals surface area contributed by atoms with Crippen LogP contribution in [0.4, 0.5) is 0 Å². The number of hydrogen-bond acceptors (Lipinski definition) is 13. The molecule has 1 aliphatic rings. The highest BCUT2D eigenvalue weighted by Gasteiger charge is 2.47. The van der Waals surface area contributed by atoms with E-state index >= 15 is 0 Å². The molecule has 13 heteroatoms. The summed E-state index contributed by atoms with van der Waals surface area (Å²) in [5, 5.41) is 68.8. The van der Waals surface area contributed by atoms with E-state index in [-0.39, 0.29) is 22.8 Å². The van der Waals surface area contributed by atoms with E-state index in [0.29, 0.717) is 5.56 Å². The highest BCUT2D eigenvalue weighted by molar-refractivity contribution is 5.91. The summed E-state index contributed by atoms with van der Waals surface area (Å²) in [5.41, 5.74) is -0.756. The molecule has 7 N–H and O–H groups in total. The zero-order chi connectivity index (χ0) is 25.6. The van der Waals surface area contributed by atoms with Crippen LogP contribution in [0.5, 0.6) is 28.7 Å². The van der Waals surface area contributed by atoms with Gasteiger partial charge in [0, 0.05) is 17.7 Å². The maximum atomic E-state index is 12.6. The van der Waals surface area contributed by atoms with Crippen LogP contribution in [0.25, 0.3) is 22.3 Å². The Bertz CT molecular complexity index is 1350. The molecule has 3 aromatic rings. The van der Waals surface area contributed by atoms with Gasteiger partial charge in [0.2, 0.25) is 5.75 Å². The van der Waals surface area contributed by atoms with Gasteiger partial charge in [-0.2, -0.15) is 0 Å². The van der Waals surface area contributed by atoms with E-state index in [9.17, 15) is 45.3 Å². The lowest BCUT2D eigenvalue weighted by molar-refractivity contribution is -0.279. The molecule has 1 fully saturated rings. The van der Waals surface area contributed by atoms with Crippen LogP contribution in [-0.4, -0.2) is 79.5 Å². The number of aromatic hydroxyl groups is 3. The zero-order valence-electron chi connectivity index (χ0n) is 17.9. The molecule has 1 aromatic heterocycles. The van der Waals surface area contributed by atoms with Crippen LogP contribution in [-0.2, 0) is 9.53 Å². The molecule has 0 aliphatic carbocycles. The molecule has 1 saturated heterocycles. The molecule has 1 aliphatic heterocycles. The second kappa shape index (κ2) is 9.05. The van der Waals surface area contributed by atoms with Gasteiger partial charge in [-0.25, -0.2) is 4.79 Å². The molecule has 4 rings (SSSR count). The molecular formula is C22H20O13. The van der Waals surface area contributed by atoms with Gasteiger partial charge in [0.25, 0.3) is 0 Å². The van der Waals surface area contributed by atoms with Crippen molar-refractivity contribution in [3.05, 3.63) is 40.6 Å². The van der Waals surface area contributed by atoms with Crippen molar-refractivity contribution in [1.29, 1.82) is 0 Å². The van der Waals surface area contributed by atoms with Crippen LogP contribution in [0, 0.1) is 0 Å². The summed E-state index contributed by atoms with van der Waals surface area (Å²) in [4.78, 5) is 25.1. The fourth-order valence-corrected chi connectivity index (χ4v) is 3.54. The molecule has 0 unspecified atom stereocenters. The lowest BCUT2D eigenvalue weighted by atomic mass is 9.99. The van der Waals surface area contributed by atoms with E-state index in [1.165, 1.54) is 25.3 Å². The third kappa shape index (κ3) is 4.22. The Kier molecular flexibility index (Phi) is 6.27. The van der Waals surface area contributed by atoms with Gasteiger partial charge in [-0.05, 0) is 18.2 Å². The van der Waals surface area contributed by atoms with Crippen molar-refractivity contribution in [3.63, 3.8) is 0 Å². The molecule has 13 nitrogen and oxygen atoms in total. The van der Waals surface area contributed by atoms with Crippen LogP contribution >= 0.6 is 0 Å². The maximum absolute atomic E-state index is 12.6. The van der Waals surface area contributed by atoms with E-state index in [1.807, 2.05) is 0 Å². The number of fused-ring (bicyclic) bond motifs is 1. The summed E-state index contributed by atoms with van der Waals surface area (Å²) in [7, 11) is 1.32. The molecule has 0 bridgehead atoms. The van der Waals surface area contributed by atoms with Crippen molar-refractivity contribution in [2.75, 3.05) is 7.11 Å². The van der Waals surface area contributed by atoms with Crippen LogP contribution in [0.2, 0.25) is 0 Å². The Morgan fingerprint density at radius 2 is 1.63 bits per heavy atom. The first-order chi connectivity index (χ1) is 16.5. The monoisotopic (exact) mass is 492 g/mol. The highest BCUT2D eigenvalue weighted by Crippen LogP contribution is 2.42. The molecular weight excluding hydrogens is 472 g/mol. The minimum Gasteiger partial charge on any atom is -0.504 e. The van der Waals surface area contributed by atoms with E-state index in [4.69, 9.17) is 18.6 Å². The van der Waals surface area contributed by atoms with Gasteiger partial charge in [-0.3, -0.25) is 4.79 Å². The van der Waals surface area contributed by atoms with Crippen molar-refractivity contribution in [2.45, 2.75) is 30.7 Å². The van der Waals surface area contributed by atoms with Gasteiger partial charge in [0.1, 0.15) is 35.0 Å². The Hall–Kier alpha value is -3.88. The molecule has 0 amide bonds. The van der Waals surface area contributed by atoms with Gasteiger partial charge >= 0.3 is 5.97 Å². The number of phenolic OH excluding ortho intramolecular Hbond substituents is 3. The third-order valence-corrected chi connectivity index (χ3v) is 5.43. The average Bonchev–Trinajstić information content (AvgIpc) is 2.83. The Labute approximate surface area is 195 Å². The fourth-order valence-electron chi connectivity index (χ4n) is 3.54. The minimum absolute atomic E-state index is 0.0190. The third-order valence-electron chi connectivity index (χ3n) is 5.43. The fraction of sp³-hybridized carbons (Fsp3) is 0.273. The molecule has 0 spiro atoms. The maximum Gasteiger partial charge on any atom is 0.343 e. The number of ether oxygens (including phenoxy) is 3. The van der Waals surface area contributed by atoms with Crippen molar-refractivity contribution in [1.82, 2.24) is 0 Å². The predicted molar refractivity (Wildman–Crippen MR) is 114 cm³/mol. The molecule has 2 aromatic carbocycles. The molecule has 2 heterocycles. The lowest BCUT2D eigenvalue weighted by Gasteiger charge is -2.36. The molecule has 5 atom stereocenters. The van der Waals surface area contributed by atoms with Crippen molar-refractivity contribution in [2.24, 2.45) is 0 Å². The minimum atomic E-state index is -2.02. The van der Waals surface area contributed by atoms with Gasteiger partial charge in [0.15, 0.2) is 40.8 Å². The van der Waals surface area contributed by atoms with Crippen LogP contribution in [0.3, 0.4) is 0 Å². The van der Waals surface area contributed by atoms with Gasteiger partial charge in [0.05, 0.1) is 7.11 Å². The van der Waals surface area contributed by atoms with Crippen molar-refractivity contribution in [3.8, 4) is 40.1 Å². The van der Waals surface area contributed by atoms with E-state index in [2.05, 4.69) is 0 Å². The molecule has 35 heavy (non-hydrogen) atoms. The smallest absolute Gasteiger partial charge is 0.343 e. The Morgan fingerprint density at radius 1 is 0.914 bits per heavy atom. The van der Waals surface area contributed by atoms with Crippen LogP contribution < -0.4 is 14.9 Å². The SMILES string of the molecule is COc1cc(-c2cc(=O)c3c(O)c(O)c(OC(=O)[C@H]4O[C@H](O)[C@H](O)[C@@H](O)[C@@H]4O)cc3o2)ccc1O. The number of aliphatic hydroxyl groups excluding tert-OH is 4. The van der Waals surface area contributed by atoms with Crippen molar-refractivity contribution >= 4 is 16.9 Å². The summed E-state index contributed by atoms with van der Waals surface area (Å²) in [5.74, 6) is -4.17. The molecule has 186 valence electrons. The second-order valence-electron chi connectivity index (χ2n) is 7.65. The number of methoxy groups -OCH3 is 1. The van der Waals surface area contributed by atoms with Gasteiger partial charge in [-0.1, -0.05) is 0 Å². The largest absolute Gasteiger partial charge is 0.504 e. The Morgan fingerprint density at radius 3 is 2.31 bits per heavy atom. The zero-order valence-corrected chi connectivity index (χ0v) is 17.9. The van der Waals surface area contributed by atoms with Crippen LogP contribution in [0.15, 0.2) is 39.5 Å². The lowest BCUT2D eigenvalue weighted by Crippen LogP contribution is -2.60. The first kappa shape index (κ1) is 24.3. The number of carbonyl (C=O) groups excluding carboxylic acids is 1. The summed E-state index contributed by atoms with van der Waals surface area (Å²) >= 11 is 0. The standard InChI is InChI=1S/C22H20O13/c1-32-11-4-7(2-3-8(11)23)10-5-9(24)14-12(33-10)6-13(15(25)16(14)26)34-22(31)20-18(28)17(27)19(29)21(30)35-20/h2-6,17-21,23,25-30H,1H3/t17-,18-,19+,20-,21-/m0/s1. The summed E-state index contributed by atoms with van der Waals surface area (Å²) in [6, 6.07) is 6.06. The number of benzene rings is 2.